The molecule has 0 radical (unpaired) electrons. The molecule has 0 bridgehead atoms. The summed E-state index contributed by atoms with van der Waals surface area (Å²) in [6.45, 7) is 1.63. The van der Waals surface area contributed by atoms with Gasteiger partial charge in [-0.2, -0.15) is 0 Å². The van der Waals surface area contributed by atoms with Gasteiger partial charge in [0.2, 0.25) is 5.91 Å². The van der Waals surface area contributed by atoms with E-state index in [2.05, 4.69) is 5.32 Å². The van der Waals surface area contributed by atoms with E-state index in [0.29, 0.717) is 21.3 Å². The number of anilines is 2. The SMILES string of the molecule is C[C@H](c1ccccc1)N1C(=O)/C(=C2/C(=O)N(CC(=O)Nc3ccc(F)cc3)c3ccccc32)SC1=S. The fraction of sp³-hybridized carbons (Fsp3) is 0.111. The third-order valence-electron chi connectivity index (χ3n) is 6.05. The zero-order valence-electron chi connectivity index (χ0n) is 19.1. The van der Waals surface area contributed by atoms with Gasteiger partial charge in [0.25, 0.3) is 11.8 Å². The maximum Gasteiger partial charge on any atom is 0.267 e. The molecule has 6 nitrogen and oxygen atoms in total. The number of fused-ring (bicyclic) bond motifs is 1. The van der Waals surface area contributed by atoms with Gasteiger partial charge in [-0.15, -0.1) is 0 Å². The van der Waals surface area contributed by atoms with Crippen LogP contribution < -0.4 is 10.2 Å². The van der Waals surface area contributed by atoms with Crippen molar-refractivity contribution in [1.82, 2.24) is 4.90 Å². The molecule has 0 saturated carbocycles. The Bertz CT molecular complexity index is 1420. The van der Waals surface area contributed by atoms with Gasteiger partial charge in [-0.25, -0.2) is 4.39 Å². The molecule has 180 valence electrons. The first-order chi connectivity index (χ1) is 17.3. The van der Waals surface area contributed by atoms with E-state index in [4.69, 9.17) is 12.2 Å². The lowest BCUT2D eigenvalue weighted by Gasteiger charge is -2.23. The van der Waals surface area contributed by atoms with E-state index in [1.165, 1.54) is 34.1 Å². The molecule has 0 aliphatic carbocycles. The molecule has 36 heavy (non-hydrogen) atoms. The number of hydrogen-bond acceptors (Lipinski definition) is 5. The molecule has 9 heteroatoms. The van der Waals surface area contributed by atoms with E-state index >= 15 is 0 Å². The zero-order valence-corrected chi connectivity index (χ0v) is 20.7. The number of thiocarbonyl (C=S) groups is 1. The van der Waals surface area contributed by atoms with Gasteiger partial charge in [0, 0.05) is 11.3 Å². The van der Waals surface area contributed by atoms with Crippen LogP contribution in [0.3, 0.4) is 0 Å². The number of thioether (sulfide) groups is 1. The maximum atomic E-state index is 13.6. The summed E-state index contributed by atoms with van der Waals surface area (Å²) < 4.78 is 13.6. The molecule has 1 atom stereocenters. The molecule has 1 fully saturated rings. The van der Waals surface area contributed by atoms with Crippen molar-refractivity contribution in [2.45, 2.75) is 13.0 Å². The van der Waals surface area contributed by atoms with Crippen LogP contribution in [0.1, 0.15) is 24.1 Å². The van der Waals surface area contributed by atoms with E-state index in [1.54, 1.807) is 24.3 Å². The first kappa shape index (κ1) is 23.9. The Morgan fingerprint density at radius 1 is 0.972 bits per heavy atom. The second-order valence-corrected chi connectivity index (χ2v) is 9.94. The molecule has 3 aromatic rings. The summed E-state index contributed by atoms with van der Waals surface area (Å²) in [6, 6.07) is 21.6. The van der Waals surface area contributed by atoms with Gasteiger partial charge in [-0.05, 0) is 42.8 Å². The van der Waals surface area contributed by atoms with E-state index in [9.17, 15) is 18.8 Å². The number of para-hydroxylation sites is 1. The van der Waals surface area contributed by atoms with Gasteiger partial charge in [0.05, 0.1) is 22.2 Å². The van der Waals surface area contributed by atoms with Crippen molar-refractivity contribution in [2.24, 2.45) is 0 Å². The van der Waals surface area contributed by atoms with Gasteiger partial charge in [0.1, 0.15) is 16.7 Å². The summed E-state index contributed by atoms with van der Waals surface area (Å²) in [5.74, 6) is -1.65. The Labute approximate surface area is 216 Å². The Kier molecular flexibility index (Phi) is 6.42. The first-order valence-electron chi connectivity index (χ1n) is 11.2. The second kappa shape index (κ2) is 9.67. The Morgan fingerprint density at radius 2 is 1.64 bits per heavy atom. The minimum atomic E-state index is -0.448. The highest BCUT2D eigenvalue weighted by Crippen LogP contribution is 2.46. The first-order valence-corrected chi connectivity index (χ1v) is 12.4. The highest BCUT2D eigenvalue weighted by Gasteiger charge is 2.43. The van der Waals surface area contributed by atoms with E-state index in [0.717, 1.165) is 17.3 Å². The van der Waals surface area contributed by atoms with E-state index < -0.39 is 17.6 Å². The zero-order chi connectivity index (χ0) is 25.4. The molecule has 2 aliphatic heterocycles. The summed E-state index contributed by atoms with van der Waals surface area (Å²) in [4.78, 5) is 43.0. The summed E-state index contributed by atoms with van der Waals surface area (Å²) in [5.41, 5.74) is 2.69. The van der Waals surface area contributed by atoms with Crippen molar-refractivity contribution in [3.8, 4) is 0 Å². The number of carbonyl (C=O) groups is 3. The monoisotopic (exact) mass is 517 g/mol. The van der Waals surface area contributed by atoms with Crippen LogP contribution >= 0.6 is 24.0 Å². The molecule has 2 aliphatic rings. The molecule has 3 aromatic carbocycles. The van der Waals surface area contributed by atoms with Crippen LogP contribution in [0.25, 0.3) is 5.57 Å². The summed E-state index contributed by atoms with van der Waals surface area (Å²) >= 11 is 6.64. The molecule has 3 amide bonds. The number of carbonyl (C=O) groups excluding carboxylic acids is 3. The maximum absolute atomic E-state index is 13.6. The van der Waals surface area contributed by atoms with Gasteiger partial charge < -0.3 is 5.32 Å². The summed E-state index contributed by atoms with van der Waals surface area (Å²) in [5, 5.41) is 2.67. The lowest BCUT2D eigenvalue weighted by atomic mass is 10.1. The number of benzene rings is 3. The minimum Gasteiger partial charge on any atom is -0.325 e. The molecular formula is C27H20FN3O3S2. The topological polar surface area (TPSA) is 69.7 Å². The van der Waals surface area contributed by atoms with Crippen molar-refractivity contribution < 1.29 is 18.8 Å². The number of rotatable bonds is 5. The Morgan fingerprint density at radius 3 is 2.36 bits per heavy atom. The number of nitrogens with zero attached hydrogens (tertiary/aromatic N) is 2. The number of nitrogens with one attached hydrogen (secondary N) is 1. The molecule has 0 spiro atoms. The van der Waals surface area contributed by atoms with Crippen LogP contribution in [0.5, 0.6) is 0 Å². The molecule has 1 saturated heterocycles. The third-order valence-corrected chi connectivity index (χ3v) is 7.45. The van der Waals surface area contributed by atoms with Crippen molar-refractivity contribution in [3.63, 3.8) is 0 Å². The fourth-order valence-electron chi connectivity index (χ4n) is 4.28. The normalized spacial score (nSPS) is 18.0. The van der Waals surface area contributed by atoms with Crippen LogP contribution in [-0.2, 0) is 14.4 Å². The van der Waals surface area contributed by atoms with E-state index in [-0.39, 0.29) is 29.0 Å². The number of halogens is 1. The lowest BCUT2D eigenvalue weighted by molar-refractivity contribution is -0.123. The predicted molar refractivity (Wildman–Crippen MR) is 143 cm³/mol. The summed E-state index contributed by atoms with van der Waals surface area (Å²) in [6.07, 6.45) is 0. The largest absolute Gasteiger partial charge is 0.325 e. The van der Waals surface area contributed by atoms with Gasteiger partial charge in [-0.3, -0.25) is 24.2 Å². The Balaban J connectivity index is 1.45. The van der Waals surface area contributed by atoms with E-state index in [1.807, 2.05) is 37.3 Å². The summed E-state index contributed by atoms with van der Waals surface area (Å²) in [7, 11) is 0. The molecule has 1 N–H and O–H groups in total. The third kappa shape index (κ3) is 4.31. The lowest BCUT2D eigenvalue weighted by Crippen LogP contribution is -2.35. The van der Waals surface area contributed by atoms with Crippen LogP contribution in [0.15, 0.2) is 83.8 Å². The van der Waals surface area contributed by atoms with Crippen molar-refractivity contribution in [3.05, 3.63) is 101 Å². The van der Waals surface area contributed by atoms with Crippen LogP contribution in [-0.4, -0.2) is 33.5 Å². The highest BCUT2D eigenvalue weighted by atomic mass is 32.2. The Hall–Kier alpha value is -3.82. The molecule has 0 aromatic heterocycles. The van der Waals surface area contributed by atoms with Crippen molar-refractivity contribution in [2.75, 3.05) is 16.8 Å². The minimum absolute atomic E-state index is 0.236. The second-order valence-electron chi connectivity index (χ2n) is 8.30. The van der Waals surface area contributed by atoms with Crippen molar-refractivity contribution >= 4 is 63.0 Å². The molecule has 0 unspecified atom stereocenters. The average molecular weight is 518 g/mol. The smallest absolute Gasteiger partial charge is 0.267 e. The van der Waals surface area contributed by atoms with Crippen LogP contribution in [0.4, 0.5) is 15.8 Å². The quantitative estimate of drug-likeness (QED) is 0.375. The van der Waals surface area contributed by atoms with Gasteiger partial charge >= 0.3 is 0 Å². The average Bonchev–Trinajstić information content (AvgIpc) is 3.32. The van der Waals surface area contributed by atoms with Gasteiger partial charge in [-0.1, -0.05) is 72.5 Å². The number of hydrogen-bond donors (Lipinski definition) is 1. The number of amides is 3. The van der Waals surface area contributed by atoms with Crippen LogP contribution in [0, 0.1) is 5.82 Å². The molecule has 2 heterocycles. The van der Waals surface area contributed by atoms with Gasteiger partial charge in [0.15, 0.2) is 0 Å². The molecule has 5 rings (SSSR count). The predicted octanol–water partition coefficient (Wildman–Crippen LogP) is 5.14. The standard InChI is InChI=1S/C27H20FN3O3S2/c1-16(17-7-3-2-4-8-17)31-26(34)24(36-27(31)35)23-20-9-5-6-10-21(20)30(25(23)33)15-22(32)29-19-13-11-18(28)12-14-19/h2-14,16H,15H2,1H3,(H,29,32)/b24-23-/t16-/m1/s1. The van der Waals surface area contributed by atoms with Crippen LogP contribution in [0.2, 0.25) is 0 Å². The highest BCUT2D eigenvalue weighted by molar-refractivity contribution is 8.26. The molecular weight excluding hydrogens is 497 g/mol. The fourth-order valence-corrected chi connectivity index (χ4v) is 5.77. The van der Waals surface area contributed by atoms with Crippen molar-refractivity contribution in [1.29, 1.82) is 0 Å².